The van der Waals surface area contributed by atoms with E-state index in [0.29, 0.717) is 52.3 Å². The smallest absolute Gasteiger partial charge is 0.254 e. The van der Waals surface area contributed by atoms with Gasteiger partial charge >= 0.3 is 0 Å². The summed E-state index contributed by atoms with van der Waals surface area (Å²) in [6.45, 7) is 0.645. The first kappa shape index (κ1) is 17.1. The first-order valence-electron chi connectivity index (χ1n) is 9.21. The highest BCUT2D eigenvalue weighted by Crippen LogP contribution is 2.40. The Morgan fingerprint density at radius 1 is 1.00 bits per heavy atom. The number of hydrogen-bond donors (Lipinski definition) is 0. The summed E-state index contributed by atoms with van der Waals surface area (Å²) in [6.07, 6.45) is 0.442. The Morgan fingerprint density at radius 3 is 2.45 bits per heavy atom. The van der Waals surface area contributed by atoms with Crippen molar-refractivity contribution >= 4 is 17.5 Å². The van der Waals surface area contributed by atoms with Crippen molar-refractivity contribution in [3.63, 3.8) is 0 Å². The van der Waals surface area contributed by atoms with Crippen molar-refractivity contribution in [2.45, 2.75) is 13.0 Å². The molecule has 0 unspecified atom stereocenters. The maximum atomic E-state index is 12.8. The van der Waals surface area contributed by atoms with Gasteiger partial charge in [0.1, 0.15) is 11.5 Å². The van der Waals surface area contributed by atoms with Crippen molar-refractivity contribution in [2.24, 2.45) is 0 Å². The number of nitriles is 1. The maximum Gasteiger partial charge on any atom is 0.254 e. The molecule has 1 aromatic heterocycles. The van der Waals surface area contributed by atoms with Crippen molar-refractivity contribution in [3.05, 3.63) is 82.1 Å². The fourth-order valence-electron chi connectivity index (χ4n) is 3.99. The zero-order valence-electron chi connectivity index (χ0n) is 15.3. The average molecular weight is 382 g/mol. The summed E-state index contributed by atoms with van der Waals surface area (Å²) in [5.74, 6) is -0.273. The van der Waals surface area contributed by atoms with Crippen LogP contribution in [0, 0.1) is 11.3 Å². The van der Waals surface area contributed by atoms with Gasteiger partial charge in [-0.3, -0.25) is 14.4 Å². The highest BCUT2D eigenvalue weighted by Gasteiger charge is 2.39. The van der Waals surface area contributed by atoms with Gasteiger partial charge in [0.25, 0.3) is 5.91 Å². The highest BCUT2D eigenvalue weighted by molar-refractivity contribution is 6.53. The predicted molar refractivity (Wildman–Crippen MR) is 102 cm³/mol. The molecule has 2 aliphatic rings. The maximum absolute atomic E-state index is 12.8. The van der Waals surface area contributed by atoms with E-state index in [2.05, 4.69) is 0 Å². The van der Waals surface area contributed by atoms with Crippen molar-refractivity contribution in [3.8, 4) is 17.4 Å². The molecule has 0 saturated heterocycles. The van der Waals surface area contributed by atoms with Crippen molar-refractivity contribution in [1.82, 2.24) is 4.90 Å². The second kappa shape index (κ2) is 6.28. The molecule has 2 aromatic carbocycles. The van der Waals surface area contributed by atoms with Crippen molar-refractivity contribution < 1.29 is 18.8 Å². The Morgan fingerprint density at radius 2 is 1.72 bits per heavy atom. The molecule has 1 aliphatic heterocycles. The van der Waals surface area contributed by atoms with E-state index in [-0.39, 0.29) is 12.5 Å². The van der Waals surface area contributed by atoms with Crippen molar-refractivity contribution in [1.29, 1.82) is 5.26 Å². The Balaban J connectivity index is 1.51. The SMILES string of the molecule is N#Cc1ccc(C(=O)N2CCc3c(oc4c3C(=O)C(=O)c3ccccc3-4)C2)cc1. The summed E-state index contributed by atoms with van der Waals surface area (Å²) in [6, 6.07) is 15.4. The lowest BCUT2D eigenvalue weighted by molar-refractivity contribution is 0.0720. The summed E-state index contributed by atoms with van der Waals surface area (Å²) >= 11 is 0. The van der Waals surface area contributed by atoms with E-state index < -0.39 is 11.6 Å². The zero-order valence-corrected chi connectivity index (χ0v) is 15.3. The fraction of sp³-hybridized carbons (Fsp3) is 0.130. The van der Waals surface area contributed by atoms with Gasteiger partial charge in [-0.1, -0.05) is 24.3 Å². The monoisotopic (exact) mass is 382 g/mol. The van der Waals surface area contributed by atoms with Crippen LogP contribution < -0.4 is 0 Å². The third-order valence-corrected chi connectivity index (χ3v) is 5.45. The number of benzene rings is 2. The molecule has 0 fully saturated rings. The third-order valence-electron chi connectivity index (χ3n) is 5.45. The Hall–Kier alpha value is -3.98. The van der Waals surface area contributed by atoms with Gasteiger partial charge in [0.15, 0.2) is 0 Å². The Bertz CT molecular complexity index is 1240. The van der Waals surface area contributed by atoms with Gasteiger partial charge in [0, 0.05) is 28.8 Å². The summed E-state index contributed by atoms with van der Waals surface area (Å²) in [4.78, 5) is 39.7. The quantitative estimate of drug-likeness (QED) is 0.602. The van der Waals surface area contributed by atoms with E-state index in [1.165, 1.54) is 0 Å². The van der Waals surface area contributed by atoms with Gasteiger partial charge in [0.2, 0.25) is 11.6 Å². The van der Waals surface area contributed by atoms with Crippen LogP contribution in [0.4, 0.5) is 0 Å². The van der Waals surface area contributed by atoms with Gasteiger partial charge < -0.3 is 9.32 Å². The molecule has 2 heterocycles. The van der Waals surface area contributed by atoms with Gasteiger partial charge in [-0.15, -0.1) is 0 Å². The minimum Gasteiger partial charge on any atom is -0.458 e. The van der Waals surface area contributed by atoms with Crippen LogP contribution in [-0.4, -0.2) is 28.9 Å². The number of Topliss-reactive ketones (excluding diaryl/α,β-unsaturated/α-hetero) is 2. The van der Waals surface area contributed by atoms with Crippen molar-refractivity contribution in [2.75, 3.05) is 6.54 Å². The van der Waals surface area contributed by atoms with Crippen LogP contribution in [0.5, 0.6) is 0 Å². The number of rotatable bonds is 1. The van der Waals surface area contributed by atoms with Gasteiger partial charge in [-0.25, -0.2) is 0 Å². The standard InChI is InChI=1S/C23H14N2O4/c24-11-13-5-7-14(8-6-13)23(28)25-10-9-17-18(12-25)29-22-16-4-2-1-3-15(16)20(26)21(27)19(17)22/h1-8H,9-10,12H2. The number of carbonyl (C=O) groups excluding carboxylic acids is 3. The summed E-state index contributed by atoms with van der Waals surface area (Å²) in [7, 11) is 0. The predicted octanol–water partition coefficient (Wildman–Crippen LogP) is 3.40. The largest absolute Gasteiger partial charge is 0.458 e. The minimum atomic E-state index is -0.546. The number of ketones is 2. The number of furan rings is 1. The molecule has 0 N–H and O–H groups in total. The molecule has 6 nitrogen and oxygen atoms in total. The zero-order chi connectivity index (χ0) is 20.1. The summed E-state index contributed by atoms with van der Waals surface area (Å²) in [5, 5.41) is 8.91. The van der Waals surface area contributed by atoms with E-state index in [4.69, 9.17) is 9.68 Å². The van der Waals surface area contributed by atoms with Crippen LogP contribution in [0.1, 0.15) is 48.0 Å². The second-order valence-corrected chi connectivity index (χ2v) is 7.08. The van der Waals surface area contributed by atoms with Crippen LogP contribution in [0.2, 0.25) is 0 Å². The molecular weight excluding hydrogens is 368 g/mol. The van der Waals surface area contributed by atoms with E-state index in [1.54, 1.807) is 53.4 Å². The lowest BCUT2D eigenvalue weighted by Crippen LogP contribution is -2.36. The van der Waals surface area contributed by atoms with E-state index >= 15 is 0 Å². The molecule has 0 bridgehead atoms. The minimum absolute atomic E-state index is 0.169. The van der Waals surface area contributed by atoms with Crippen LogP contribution >= 0.6 is 0 Å². The molecule has 6 heteroatoms. The Labute approximate surface area is 166 Å². The lowest BCUT2D eigenvalue weighted by atomic mass is 9.85. The second-order valence-electron chi connectivity index (χ2n) is 7.08. The first-order valence-corrected chi connectivity index (χ1v) is 9.21. The van der Waals surface area contributed by atoms with E-state index in [9.17, 15) is 14.4 Å². The Kier molecular flexibility index (Phi) is 3.71. The molecule has 5 rings (SSSR count). The number of carbonyl (C=O) groups is 3. The molecule has 0 radical (unpaired) electrons. The van der Waals surface area contributed by atoms with E-state index in [1.807, 2.05) is 6.07 Å². The molecule has 140 valence electrons. The third kappa shape index (κ3) is 2.52. The van der Waals surface area contributed by atoms with Gasteiger partial charge in [0.05, 0.1) is 23.7 Å². The number of amides is 1. The number of fused-ring (bicyclic) bond motifs is 5. The lowest BCUT2D eigenvalue weighted by Gasteiger charge is -2.26. The topological polar surface area (TPSA) is 91.4 Å². The van der Waals surface area contributed by atoms with Crippen LogP contribution in [0.15, 0.2) is 52.9 Å². The van der Waals surface area contributed by atoms with Crippen LogP contribution in [0.25, 0.3) is 11.3 Å². The first-order chi connectivity index (χ1) is 14.1. The molecule has 1 aliphatic carbocycles. The number of nitrogens with zero attached hydrogens (tertiary/aromatic N) is 2. The van der Waals surface area contributed by atoms with Gasteiger partial charge in [-0.05, 0) is 30.7 Å². The molecule has 1 amide bonds. The van der Waals surface area contributed by atoms with Gasteiger partial charge in [-0.2, -0.15) is 5.26 Å². The molecule has 29 heavy (non-hydrogen) atoms. The molecule has 3 aromatic rings. The fourth-order valence-corrected chi connectivity index (χ4v) is 3.99. The molecular formula is C23H14N2O4. The molecule has 0 spiro atoms. The molecule has 0 saturated carbocycles. The summed E-state index contributed by atoms with van der Waals surface area (Å²) in [5.41, 5.74) is 3.00. The van der Waals surface area contributed by atoms with Crippen LogP contribution in [-0.2, 0) is 13.0 Å². The summed E-state index contributed by atoms with van der Waals surface area (Å²) < 4.78 is 6.02. The number of hydrogen-bond acceptors (Lipinski definition) is 5. The average Bonchev–Trinajstić information content (AvgIpc) is 3.16. The molecule has 0 atom stereocenters. The van der Waals surface area contributed by atoms with E-state index in [0.717, 1.165) is 5.56 Å². The normalized spacial score (nSPS) is 14.7. The van der Waals surface area contributed by atoms with Crippen LogP contribution in [0.3, 0.4) is 0 Å². The highest BCUT2D eigenvalue weighted by atomic mass is 16.3.